The Morgan fingerprint density at radius 2 is 2.10 bits per heavy atom. The number of nitrogen functional groups attached to an aromatic ring is 1. The predicted molar refractivity (Wildman–Crippen MR) is 101 cm³/mol. The number of fused-ring (bicyclic) bond motifs is 1. The fourth-order valence-corrected chi connectivity index (χ4v) is 4.26. The van der Waals surface area contributed by atoms with Crippen molar-refractivity contribution in [2.45, 2.75) is 56.0 Å². The normalized spacial score (nSPS) is 30.3. The lowest BCUT2D eigenvalue weighted by Crippen LogP contribution is -2.41. The van der Waals surface area contributed by atoms with Crippen LogP contribution in [0.15, 0.2) is 24.4 Å². The number of aliphatic hydroxyl groups is 2. The third-order valence-corrected chi connectivity index (χ3v) is 5.92. The lowest BCUT2D eigenvalue weighted by molar-refractivity contribution is -0.156. The molecule has 3 heterocycles. The van der Waals surface area contributed by atoms with Gasteiger partial charge in [-0.15, -0.1) is 0 Å². The van der Waals surface area contributed by atoms with Gasteiger partial charge in [-0.2, -0.15) is 10.4 Å². The van der Waals surface area contributed by atoms with Crippen LogP contribution in [-0.4, -0.2) is 50.7 Å². The third-order valence-electron chi connectivity index (χ3n) is 5.92. The van der Waals surface area contributed by atoms with Crippen molar-refractivity contribution in [2.75, 3.05) is 12.3 Å². The van der Waals surface area contributed by atoms with Crippen molar-refractivity contribution in [3.05, 3.63) is 30.1 Å². The highest BCUT2D eigenvalue weighted by atomic mass is 16.6. The van der Waals surface area contributed by atoms with Gasteiger partial charge in [0.1, 0.15) is 31.0 Å². The number of esters is 1. The van der Waals surface area contributed by atoms with E-state index in [4.69, 9.17) is 15.2 Å². The van der Waals surface area contributed by atoms with Crippen molar-refractivity contribution in [1.82, 2.24) is 9.61 Å². The van der Waals surface area contributed by atoms with Crippen LogP contribution in [0.3, 0.4) is 0 Å². The summed E-state index contributed by atoms with van der Waals surface area (Å²) >= 11 is 0. The SMILES string of the molecule is N#C[C@@]1(c2ccc3c(N)ccnn23)O[C@H](COC(=O)C2CCCCC2)[C@@H](O)[C@H]1O. The Morgan fingerprint density at radius 1 is 1.34 bits per heavy atom. The van der Waals surface area contributed by atoms with Gasteiger partial charge in [0, 0.05) is 6.20 Å². The minimum absolute atomic E-state index is 0.144. The lowest BCUT2D eigenvalue weighted by atomic mass is 9.89. The smallest absolute Gasteiger partial charge is 0.309 e. The lowest BCUT2D eigenvalue weighted by Gasteiger charge is -2.24. The van der Waals surface area contributed by atoms with E-state index in [9.17, 15) is 20.3 Å². The van der Waals surface area contributed by atoms with Crippen LogP contribution in [-0.2, 0) is 19.9 Å². The van der Waals surface area contributed by atoms with E-state index in [1.807, 2.05) is 6.07 Å². The van der Waals surface area contributed by atoms with Crippen molar-refractivity contribution >= 4 is 17.2 Å². The Hall–Kier alpha value is -2.67. The molecule has 4 N–H and O–H groups in total. The zero-order valence-electron chi connectivity index (χ0n) is 15.9. The Balaban J connectivity index is 1.55. The highest BCUT2D eigenvalue weighted by Gasteiger charge is 2.57. The van der Waals surface area contributed by atoms with Crippen LogP contribution in [0.4, 0.5) is 5.69 Å². The number of aromatic nitrogens is 2. The molecule has 2 aliphatic rings. The Kier molecular flexibility index (Phi) is 5.17. The molecule has 0 unspecified atom stereocenters. The number of nitrogens with zero attached hydrogens (tertiary/aromatic N) is 3. The third kappa shape index (κ3) is 3.23. The molecule has 1 aliphatic carbocycles. The van der Waals surface area contributed by atoms with Crippen molar-refractivity contribution in [1.29, 1.82) is 5.26 Å². The van der Waals surface area contributed by atoms with E-state index in [0.717, 1.165) is 32.1 Å². The molecule has 0 spiro atoms. The zero-order valence-corrected chi connectivity index (χ0v) is 15.9. The fourth-order valence-electron chi connectivity index (χ4n) is 4.26. The largest absolute Gasteiger partial charge is 0.463 e. The first-order valence-corrected chi connectivity index (χ1v) is 9.82. The van der Waals surface area contributed by atoms with Gasteiger partial charge in [0.05, 0.1) is 22.8 Å². The second-order valence-electron chi connectivity index (χ2n) is 7.71. The Labute approximate surface area is 167 Å². The Bertz CT molecular complexity index is 948. The van der Waals surface area contributed by atoms with Gasteiger partial charge in [0.2, 0.25) is 5.60 Å². The summed E-state index contributed by atoms with van der Waals surface area (Å²) in [6, 6.07) is 6.84. The first-order chi connectivity index (χ1) is 14.0. The van der Waals surface area contributed by atoms with Crippen LogP contribution in [0.5, 0.6) is 0 Å². The first kappa shape index (κ1) is 19.6. The number of nitrogens with two attached hydrogens (primary N) is 1. The average Bonchev–Trinajstić information content (AvgIpc) is 3.29. The van der Waals surface area contributed by atoms with Crippen LogP contribution in [0.25, 0.3) is 5.52 Å². The molecule has 4 rings (SSSR count). The van der Waals surface area contributed by atoms with E-state index < -0.39 is 23.9 Å². The van der Waals surface area contributed by atoms with Crippen LogP contribution in [0, 0.1) is 17.2 Å². The maximum atomic E-state index is 12.3. The molecule has 2 aromatic rings. The highest BCUT2D eigenvalue weighted by Crippen LogP contribution is 2.40. The van der Waals surface area contributed by atoms with Gasteiger partial charge in [-0.3, -0.25) is 4.79 Å². The molecule has 9 heteroatoms. The number of carbonyl (C=O) groups is 1. The zero-order chi connectivity index (χ0) is 20.6. The molecule has 2 aromatic heterocycles. The number of hydrogen-bond acceptors (Lipinski definition) is 8. The standard InChI is InChI=1S/C20H24N4O5/c21-11-20(16-7-6-14-13(22)8-9-23-24(14)16)18(26)17(25)15(29-20)10-28-19(27)12-4-2-1-3-5-12/h6-9,12,15,17-18,25-26H,1-5,10,22H2/t15-,17-,18-,20+/m1/s1. The second kappa shape index (κ2) is 7.63. The van der Waals surface area contributed by atoms with E-state index in [1.165, 1.54) is 10.7 Å². The van der Waals surface area contributed by atoms with Gasteiger partial charge in [0.25, 0.3) is 0 Å². The summed E-state index contributed by atoms with van der Waals surface area (Å²) in [4.78, 5) is 12.3. The van der Waals surface area contributed by atoms with Gasteiger partial charge in [-0.25, -0.2) is 4.52 Å². The molecule has 0 radical (unpaired) electrons. The summed E-state index contributed by atoms with van der Waals surface area (Å²) in [5, 5.41) is 35.2. The van der Waals surface area contributed by atoms with E-state index >= 15 is 0 Å². The average molecular weight is 400 g/mol. The molecular formula is C20H24N4O5. The Morgan fingerprint density at radius 3 is 2.83 bits per heavy atom. The molecule has 4 atom stereocenters. The maximum Gasteiger partial charge on any atom is 0.309 e. The summed E-state index contributed by atoms with van der Waals surface area (Å²) < 4.78 is 12.6. The summed E-state index contributed by atoms with van der Waals surface area (Å²) in [7, 11) is 0. The number of ether oxygens (including phenoxy) is 2. The molecule has 2 fully saturated rings. The van der Waals surface area contributed by atoms with Crippen LogP contribution in [0.1, 0.15) is 37.8 Å². The topological polar surface area (TPSA) is 143 Å². The number of anilines is 1. The number of hydrogen-bond donors (Lipinski definition) is 3. The number of nitriles is 1. The molecular weight excluding hydrogens is 376 g/mol. The van der Waals surface area contributed by atoms with Crippen LogP contribution < -0.4 is 5.73 Å². The van der Waals surface area contributed by atoms with Crippen LogP contribution >= 0.6 is 0 Å². The van der Waals surface area contributed by atoms with Gasteiger partial charge in [0.15, 0.2) is 0 Å². The van der Waals surface area contributed by atoms with Crippen molar-refractivity contribution in [2.24, 2.45) is 5.92 Å². The molecule has 1 saturated carbocycles. The molecule has 0 aromatic carbocycles. The molecule has 0 bridgehead atoms. The summed E-state index contributed by atoms with van der Waals surface area (Å²) in [5.74, 6) is -0.471. The minimum atomic E-state index is -1.87. The van der Waals surface area contributed by atoms with Gasteiger partial charge < -0.3 is 25.4 Å². The minimum Gasteiger partial charge on any atom is -0.463 e. The monoisotopic (exact) mass is 400 g/mol. The van der Waals surface area contributed by atoms with Gasteiger partial charge >= 0.3 is 5.97 Å². The van der Waals surface area contributed by atoms with Gasteiger partial charge in [-0.1, -0.05) is 19.3 Å². The predicted octanol–water partition coefficient (Wildman–Crippen LogP) is 0.879. The van der Waals surface area contributed by atoms with Crippen LogP contribution in [0.2, 0.25) is 0 Å². The van der Waals surface area contributed by atoms with E-state index in [2.05, 4.69) is 5.10 Å². The van der Waals surface area contributed by atoms with E-state index in [0.29, 0.717) is 11.2 Å². The summed E-state index contributed by atoms with van der Waals surface area (Å²) in [6.45, 7) is -0.240. The summed E-state index contributed by atoms with van der Waals surface area (Å²) in [5.41, 5.74) is 5.32. The van der Waals surface area contributed by atoms with Crippen molar-refractivity contribution in [3.8, 4) is 6.07 Å². The molecule has 1 saturated heterocycles. The van der Waals surface area contributed by atoms with E-state index in [-0.39, 0.29) is 24.2 Å². The molecule has 1 aliphatic heterocycles. The number of carbonyl (C=O) groups excluding carboxylic acids is 1. The summed E-state index contributed by atoms with van der Waals surface area (Å²) in [6.07, 6.45) is 2.18. The number of rotatable bonds is 4. The van der Waals surface area contributed by atoms with Crippen molar-refractivity contribution in [3.63, 3.8) is 0 Å². The van der Waals surface area contributed by atoms with Crippen molar-refractivity contribution < 1.29 is 24.5 Å². The quantitative estimate of drug-likeness (QED) is 0.642. The molecule has 29 heavy (non-hydrogen) atoms. The molecule has 9 nitrogen and oxygen atoms in total. The van der Waals surface area contributed by atoms with E-state index in [1.54, 1.807) is 18.2 Å². The molecule has 0 amide bonds. The first-order valence-electron chi connectivity index (χ1n) is 9.82. The second-order valence-corrected chi connectivity index (χ2v) is 7.71. The maximum absolute atomic E-state index is 12.3. The molecule has 154 valence electrons. The fraction of sp³-hybridized carbons (Fsp3) is 0.550. The highest BCUT2D eigenvalue weighted by molar-refractivity contribution is 5.72. The number of aliphatic hydroxyl groups excluding tert-OH is 2. The van der Waals surface area contributed by atoms with Gasteiger partial charge in [-0.05, 0) is 31.0 Å².